The van der Waals surface area contributed by atoms with Crippen molar-refractivity contribution in [2.45, 2.75) is 6.17 Å². The van der Waals surface area contributed by atoms with Crippen LogP contribution in [0.3, 0.4) is 0 Å². The van der Waals surface area contributed by atoms with E-state index in [1.54, 1.807) is 0 Å². The van der Waals surface area contributed by atoms with E-state index in [0.717, 1.165) is 82.9 Å². The first-order valence-corrected chi connectivity index (χ1v) is 18.9. The molecule has 12 rings (SSSR count). The summed E-state index contributed by atoms with van der Waals surface area (Å²) in [6.07, 6.45) is -0.444. The van der Waals surface area contributed by atoms with Crippen LogP contribution in [0.5, 0.6) is 0 Å². The highest BCUT2D eigenvalue weighted by atomic mass is 16.3. The number of rotatable bonds is 4. The van der Waals surface area contributed by atoms with Crippen LogP contribution in [0, 0.1) is 0 Å². The van der Waals surface area contributed by atoms with Crippen LogP contribution in [0.25, 0.3) is 87.3 Å². The van der Waals surface area contributed by atoms with Crippen molar-refractivity contribution in [2.24, 2.45) is 9.98 Å². The third kappa shape index (κ3) is 4.61. The molecule has 262 valence electrons. The summed E-state index contributed by atoms with van der Waals surface area (Å²) in [6.45, 7) is 0. The molecule has 56 heavy (non-hydrogen) atoms. The summed E-state index contributed by atoms with van der Waals surface area (Å²) in [5, 5.41) is 15.2. The molecule has 3 heterocycles. The number of nitrogens with zero attached hydrogens (tertiary/aromatic N) is 2. The molecular formula is C51H31N3O2. The van der Waals surface area contributed by atoms with Gasteiger partial charge in [0.15, 0.2) is 5.84 Å². The van der Waals surface area contributed by atoms with Crippen molar-refractivity contribution in [3.63, 3.8) is 0 Å². The van der Waals surface area contributed by atoms with Crippen molar-refractivity contribution in [3.8, 4) is 11.1 Å². The number of furan rings is 2. The number of amidine groups is 2. The molecule has 1 atom stereocenters. The van der Waals surface area contributed by atoms with Crippen LogP contribution in [0.4, 0.5) is 0 Å². The quantitative estimate of drug-likeness (QED) is 0.184. The highest BCUT2D eigenvalue weighted by Crippen LogP contribution is 2.40. The second kappa shape index (κ2) is 12.0. The first-order chi connectivity index (χ1) is 27.8. The molecule has 1 N–H and O–H groups in total. The maximum atomic E-state index is 6.69. The van der Waals surface area contributed by atoms with Crippen molar-refractivity contribution in [1.29, 1.82) is 0 Å². The summed E-state index contributed by atoms with van der Waals surface area (Å²) in [6, 6.07) is 61.5. The lowest BCUT2D eigenvalue weighted by Crippen LogP contribution is -2.33. The molecule has 1 aliphatic rings. The standard InChI is InChI=1S/C51H31N3O2/c1-2-12-30(13-3-1)33-17-8-20-40-47-42(22-11-25-45(47)56-48(33)40)51-53-49(52-50(54-51)41-21-10-24-44-46(41)39-16-6-7-23-43(39)55-44)38-19-9-18-34-36-27-26-31-14-4-5-15-32(31)35(36)28-29-37(34)38/h1-29,49H,(H,52,53,54). The van der Waals surface area contributed by atoms with E-state index in [1.807, 2.05) is 42.5 Å². The lowest BCUT2D eigenvalue weighted by Gasteiger charge is -2.25. The number of aliphatic imine (C=N–C) groups is 2. The van der Waals surface area contributed by atoms with Crippen LogP contribution < -0.4 is 5.32 Å². The Labute approximate surface area is 320 Å². The van der Waals surface area contributed by atoms with Gasteiger partial charge in [-0.1, -0.05) is 158 Å². The molecule has 0 saturated heterocycles. The molecule has 5 heteroatoms. The molecule has 0 spiro atoms. The van der Waals surface area contributed by atoms with Gasteiger partial charge in [0.2, 0.25) is 0 Å². The Balaban J connectivity index is 1.11. The predicted octanol–water partition coefficient (Wildman–Crippen LogP) is 13.1. The van der Waals surface area contributed by atoms with Gasteiger partial charge < -0.3 is 14.2 Å². The van der Waals surface area contributed by atoms with Crippen LogP contribution in [0.15, 0.2) is 195 Å². The molecule has 11 aromatic rings. The Morgan fingerprint density at radius 3 is 1.93 bits per heavy atom. The highest BCUT2D eigenvalue weighted by molar-refractivity contribution is 6.26. The first kappa shape index (κ1) is 30.9. The second-order valence-corrected chi connectivity index (χ2v) is 14.5. The van der Waals surface area contributed by atoms with Crippen molar-refractivity contribution in [2.75, 3.05) is 0 Å². The fourth-order valence-corrected chi connectivity index (χ4v) is 8.84. The van der Waals surface area contributed by atoms with Crippen molar-refractivity contribution < 1.29 is 8.83 Å². The average molecular weight is 718 g/mol. The Bertz CT molecular complexity index is 3460. The Morgan fingerprint density at radius 1 is 0.411 bits per heavy atom. The van der Waals surface area contributed by atoms with Gasteiger partial charge in [-0.3, -0.25) is 0 Å². The first-order valence-electron chi connectivity index (χ1n) is 18.9. The zero-order valence-electron chi connectivity index (χ0n) is 30.0. The summed E-state index contributed by atoms with van der Waals surface area (Å²) in [5.74, 6) is 1.37. The van der Waals surface area contributed by atoms with Crippen molar-refractivity contribution in [1.82, 2.24) is 5.32 Å². The molecule has 0 radical (unpaired) electrons. The minimum atomic E-state index is -0.444. The third-order valence-electron chi connectivity index (χ3n) is 11.4. The fraction of sp³-hybridized carbons (Fsp3) is 0.0196. The summed E-state index contributed by atoms with van der Waals surface area (Å²) < 4.78 is 13.0. The summed E-state index contributed by atoms with van der Waals surface area (Å²) >= 11 is 0. The Hall–Kier alpha value is -7.50. The van der Waals surface area contributed by atoms with Gasteiger partial charge in [0.05, 0.1) is 0 Å². The number of nitrogens with one attached hydrogen (secondary N) is 1. The smallest absolute Gasteiger partial charge is 0.160 e. The minimum Gasteiger partial charge on any atom is -0.456 e. The predicted molar refractivity (Wildman–Crippen MR) is 231 cm³/mol. The number of fused-ring (bicyclic) bond motifs is 11. The largest absolute Gasteiger partial charge is 0.456 e. The van der Waals surface area contributed by atoms with Crippen LogP contribution in [-0.4, -0.2) is 11.7 Å². The molecular weight excluding hydrogens is 687 g/mol. The molecule has 9 aromatic carbocycles. The van der Waals surface area contributed by atoms with Gasteiger partial charge in [-0.25, -0.2) is 9.98 Å². The monoisotopic (exact) mass is 717 g/mol. The lowest BCUT2D eigenvalue weighted by atomic mass is 9.94. The van der Waals surface area contributed by atoms with Crippen LogP contribution in [-0.2, 0) is 0 Å². The molecule has 0 bridgehead atoms. The number of benzene rings is 9. The van der Waals surface area contributed by atoms with Gasteiger partial charge in [0.25, 0.3) is 0 Å². The molecule has 0 saturated carbocycles. The minimum absolute atomic E-state index is 0.444. The van der Waals surface area contributed by atoms with Gasteiger partial charge >= 0.3 is 0 Å². The van der Waals surface area contributed by atoms with E-state index in [0.29, 0.717) is 5.84 Å². The molecule has 0 aliphatic carbocycles. The van der Waals surface area contributed by atoms with E-state index in [9.17, 15) is 0 Å². The number of hydrogen-bond acceptors (Lipinski definition) is 5. The van der Waals surface area contributed by atoms with Gasteiger partial charge in [-0.15, -0.1) is 0 Å². The molecule has 1 aliphatic heterocycles. The average Bonchev–Trinajstić information content (AvgIpc) is 3.85. The molecule has 0 amide bonds. The SMILES string of the molecule is c1ccc(-c2cccc3c2oc2cccc(C4=NC(c5cccc6c5ccc5c7ccccc7ccc65)NC(c5cccc6oc7ccccc7c56)=N4)c23)cc1. The summed E-state index contributed by atoms with van der Waals surface area (Å²) in [4.78, 5) is 10.9. The highest BCUT2D eigenvalue weighted by Gasteiger charge is 2.27. The number of para-hydroxylation sites is 2. The third-order valence-corrected chi connectivity index (χ3v) is 11.4. The van der Waals surface area contributed by atoms with Crippen LogP contribution in [0.2, 0.25) is 0 Å². The molecule has 5 nitrogen and oxygen atoms in total. The van der Waals surface area contributed by atoms with E-state index in [4.69, 9.17) is 18.8 Å². The van der Waals surface area contributed by atoms with Gasteiger partial charge in [-0.05, 0) is 56.1 Å². The van der Waals surface area contributed by atoms with E-state index in [1.165, 1.54) is 26.9 Å². The van der Waals surface area contributed by atoms with E-state index in [-0.39, 0.29) is 0 Å². The zero-order chi connectivity index (χ0) is 36.7. The fourth-order valence-electron chi connectivity index (χ4n) is 8.84. The Kier molecular flexibility index (Phi) is 6.63. The van der Waals surface area contributed by atoms with Gasteiger partial charge in [0, 0.05) is 43.8 Å². The van der Waals surface area contributed by atoms with E-state index >= 15 is 0 Å². The second-order valence-electron chi connectivity index (χ2n) is 14.5. The van der Waals surface area contributed by atoms with E-state index in [2.05, 4.69) is 139 Å². The Morgan fingerprint density at radius 2 is 1.02 bits per heavy atom. The lowest BCUT2D eigenvalue weighted by molar-refractivity contribution is 0.668. The van der Waals surface area contributed by atoms with Crippen molar-refractivity contribution in [3.05, 3.63) is 193 Å². The topological polar surface area (TPSA) is 63.0 Å². The maximum absolute atomic E-state index is 6.69. The normalized spacial score (nSPS) is 14.6. The summed E-state index contributed by atoms with van der Waals surface area (Å²) in [5.41, 5.74) is 8.39. The van der Waals surface area contributed by atoms with Crippen LogP contribution >= 0.6 is 0 Å². The van der Waals surface area contributed by atoms with Gasteiger partial charge in [0.1, 0.15) is 34.3 Å². The molecule has 2 aromatic heterocycles. The van der Waals surface area contributed by atoms with Crippen LogP contribution in [0.1, 0.15) is 22.9 Å². The summed E-state index contributed by atoms with van der Waals surface area (Å²) in [7, 11) is 0. The zero-order valence-corrected chi connectivity index (χ0v) is 30.0. The number of hydrogen-bond donors (Lipinski definition) is 1. The molecule has 0 fully saturated rings. The maximum Gasteiger partial charge on any atom is 0.160 e. The van der Waals surface area contributed by atoms with Crippen molar-refractivity contribution >= 4 is 87.9 Å². The van der Waals surface area contributed by atoms with Gasteiger partial charge in [-0.2, -0.15) is 0 Å². The van der Waals surface area contributed by atoms with E-state index < -0.39 is 6.17 Å². The molecule has 1 unspecified atom stereocenters.